The molecule has 27 heavy (non-hydrogen) atoms. The number of rotatable bonds is 6. The van der Waals surface area contributed by atoms with Gasteiger partial charge in [0.1, 0.15) is 12.2 Å². The molecule has 146 valence electrons. The Morgan fingerprint density at radius 1 is 1.37 bits per heavy atom. The van der Waals surface area contributed by atoms with E-state index in [4.69, 9.17) is 0 Å². The zero-order chi connectivity index (χ0) is 19.6. The van der Waals surface area contributed by atoms with Gasteiger partial charge in [0.15, 0.2) is 0 Å². The molecule has 0 saturated carbocycles. The van der Waals surface area contributed by atoms with Crippen LogP contribution in [0.3, 0.4) is 0 Å². The van der Waals surface area contributed by atoms with Crippen LogP contribution in [0, 0.1) is 5.92 Å². The number of carbonyl (C=O) groups is 2. The maximum Gasteiger partial charge on any atom is 0.225 e. The fraction of sp³-hybridized carbons (Fsp3) is 0.611. The molecule has 3 heterocycles. The maximum atomic E-state index is 12.9. The number of aromatic nitrogens is 5. The minimum Gasteiger partial charge on any atom is -0.354 e. The fourth-order valence-corrected chi connectivity index (χ4v) is 3.68. The molecule has 9 nitrogen and oxygen atoms in total. The van der Waals surface area contributed by atoms with Crippen molar-refractivity contribution in [3.63, 3.8) is 0 Å². The SMILES string of the molecule is CC(C)c1nncn1CCNC(=O)C1CCC(=O)N(C)C1c1cnn(C)c1. The minimum absolute atomic E-state index is 0.0395. The second-order valence-electron chi connectivity index (χ2n) is 7.37. The van der Waals surface area contributed by atoms with Crippen LogP contribution in [0.15, 0.2) is 18.7 Å². The Bertz CT molecular complexity index is 810. The summed E-state index contributed by atoms with van der Waals surface area (Å²) >= 11 is 0. The number of nitrogens with zero attached hydrogens (tertiary/aromatic N) is 6. The predicted octanol–water partition coefficient (Wildman–Crippen LogP) is 0.861. The van der Waals surface area contributed by atoms with E-state index in [9.17, 15) is 9.59 Å². The van der Waals surface area contributed by atoms with Gasteiger partial charge in [0, 0.05) is 51.3 Å². The third-order valence-electron chi connectivity index (χ3n) is 5.08. The second kappa shape index (κ2) is 7.89. The molecular formula is C18H27N7O2. The van der Waals surface area contributed by atoms with Crippen LogP contribution in [0.2, 0.25) is 0 Å². The Morgan fingerprint density at radius 2 is 2.15 bits per heavy atom. The van der Waals surface area contributed by atoms with Gasteiger partial charge in [-0.25, -0.2) is 0 Å². The molecule has 2 amide bonds. The van der Waals surface area contributed by atoms with Gasteiger partial charge < -0.3 is 14.8 Å². The van der Waals surface area contributed by atoms with Crippen molar-refractivity contribution in [3.8, 4) is 0 Å². The van der Waals surface area contributed by atoms with Crippen molar-refractivity contribution in [2.45, 2.75) is 45.2 Å². The van der Waals surface area contributed by atoms with Gasteiger partial charge in [-0.3, -0.25) is 14.3 Å². The van der Waals surface area contributed by atoms with Crippen LogP contribution >= 0.6 is 0 Å². The van der Waals surface area contributed by atoms with E-state index >= 15 is 0 Å². The van der Waals surface area contributed by atoms with Crippen LogP contribution in [0.1, 0.15) is 50.0 Å². The van der Waals surface area contributed by atoms with Crippen LogP contribution in [0.25, 0.3) is 0 Å². The lowest BCUT2D eigenvalue weighted by molar-refractivity contribution is -0.141. The van der Waals surface area contributed by atoms with E-state index in [1.807, 2.05) is 17.8 Å². The second-order valence-corrected chi connectivity index (χ2v) is 7.37. The lowest BCUT2D eigenvalue weighted by Gasteiger charge is -2.37. The van der Waals surface area contributed by atoms with Crippen LogP contribution < -0.4 is 5.32 Å². The first-order chi connectivity index (χ1) is 12.9. The van der Waals surface area contributed by atoms with Crippen LogP contribution in [0.4, 0.5) is 0 Å². The van der Waals surface area contributed by atoms with Gasteiger partial charge >= 0.3 is 0 Å². The number of amides is 2. The standard InChI is InChI=1S/C18H27N7O2/c1-12(2)17-22-20-11-25(17)8-7-19-18(27)14-5-6-15(26)24(4)16(14)13-9-21-23(3)10-13/h9-12,14,16H,5-8H2,1-4H3,(H,19,27). The molecule has 1 fully saturated rings. The van der Waals surface area contributed by atoms with Crippen molar-refractivity contribution >= 4 is 11.8 Å². The monoisotopic (exact) mass is 373 g/mol. The fourth-order valence-electron chi connectivity index (χ4n) is 3.68. The Labute approximate surface area is 158 Å². The Hall–Kier alpha value is -2.71. The molecule has 0 aliphatic carbocycles. The topological polar surface area (TPSA) is 97.9 Å². The summed E-state index contributed by atoms with van der Waals surface area (Å²) in [7, 11) is 3.58. The number of hydrogen-bond acceptors (Lipinski definition) is 5. The van der Waals surface area contributed by atoms with E-state index in [1.165, 1.54) is 0 Å². The van der Waals surface area contributed by atoms with Crippen LogP contribution in [0.5, 0.6) is 0 Å². The first kappa shape index (κ1) is 19.1. The van der Waals surface area contributed by atoms with Crippen molar-refractivity contribution in [2.24, 2.45) is 13.0 Å². The zero-order valence-electron chi connectivity index (χ0n) is 16.3. The normalized spacial score (nSPS) is 20.3. The summed E-state index contributed by atoms with van der Waals surface area (Å²) in [6, 6.07) is -0.291. The van der Waals surface area contributed by atoms with Gasteiger partial charge in [-0.15, -0.1) is 10.2 Å². The molecular weight excluding hydrogens is 346 g/mol. The number of hydrogen-bond donors (Lipinski definition) is 1. The van der Waals surface area contributed by atoms with Crippen molar-refractivity contribution in [3.05, 3.63) is 30.1 Å². The zero-order valence-corrected chi connectivity index (χ0v) is 16.3. The lowest BCUT2D eigenvalue weighted by atomic mass is 9.85. The van der Waals surface area contributed by atoms with Gasteiger partial charge in [0.2, 0.25) is 11.8 Å². The predicted molar refractivity (Wildman–Crippen MR) is 98.6 cm³/mol. The summed E-state index contributed by atoms with van der Waals surface area (Å²) in [5.41, 5.74) is 0.883. The highest BCUT2D eigenvalue weighted by Gasteiger charge is 2.39. The average molecular weight is 373 g/mol. The summed E-state index contributed by atoms with van der Waals surface area (Å²) in [4.78, 5) is 26.7. The number of piperidine rings is 1. The molecule has 2 aromatic rings. The van der Waals surface area contributed by atoms with Gasteiger partial charge in [-0.05, 0) is 6.42 Å². The van der Waals surface area contributed by atoms with Crippen LogP contribution in [-0.4, -0.2) is 54.9 Å². The maximum absolute atomic E-state index is 12.9. The summed E-state index contributed by atoms with van der Waals surface area (Å²) in [5.74, 6) is 0.903. The van der Waals surface area contributed by atoms with Crippen molar-refractivity contribution in [1.29, 1.82) is 0 Å². The molecule has 2 atom stereocenters. The van der Waals surface area contributed by atoms with E-state index < -0.39 is 0 Å². The molecule has 1 saturated heterocycles. The molecule has 0 bridgehead atoms. The first-order valence-electron chi connectivity index (χ1n) is 9.28. The van der Waals surface area contributed by atoms with Crippen LogP contribution in [-0.2, 0) is 23.2 Å². The van der Waals surface area contributed by atoms with E-state index in [2.05, 4.69) is 34.5 Å². The van der Waals surface area contributed by atoms with Gasteiger partial charge in [0.25, 0.3) is 0 Å². The number of carbonyl (C=O) groups excluding carboxylic acids is 2. The molecule has 2 aromatic heterocycles. The third kappa shape index (κ3) is 4.01. The summed E-state index contributed by atoms with van der Waals surface area (Å²) in [6.45, 7) is 5.23. The van der Waals surface area contributed by atoms with Gasteiger partial charge in [-0.1, -0.05) is 13.8 Å². The minimum atomic E-state index is -0.291. The highest BCUT2D eigenvalue weighted by molar-refractivity contribution is 5.84. The highest BCUT2D eigenvalue weighted by Crippen LogP contribution is 2.35. The van der Waals surface area contributed by atoms with Crippen molar-refractivity contribution < 1.29 is 9.59 Å². The summed E-state index contributed by atoms with van der Waals surface area (Å²) < 4.78 is 3.65. The molecule has 0 radical (unpaired) electrons. The molecule has 9 heteroatoms. The summed E-state index contributed by atoms with van der Waals surface area (Å²) in [6.07, 6.45) is 6.21. The van der Waals surface area contributed by atoms with Crippen molar-refractivity contribution in [2.75, 3.05) is 13.6 Å². The van der Waals surface area contributed by atoms with E-state index in [-0.39, 0.29) is 29.7 Å². The molecule has 0 aromatic carbocycles. The van der Waals surface area contributed by atoms with Gasteiger partial charge in [-0.2, -0.15) is 5.10 Å². The van der Waals surface area contributed by atoms with E-state index in [0.717, 1.165) is 11.4 Å². The Morgan fingerprint density at radius 3 is 2.81 bits per heavy atom. The van der Waals surface area contributed by atoms with Crippen molar-refractivity contribution in [1.82, 2.24) is 34.8 Å². The largest absolute Gasteiger partial charge is 0.354 e. The van der Waals surface area contributed by atoms with Gasteiger partial charge in [0.05, 0.1) is 18.2 Å². The highest BCUT2D eigenvalue weighted by atomic mass is 16.2. The molecule has 2 unspecified atom stereocenters. The van der Waals surface area contributed by atoms with E-state index in [0.29, 0.717) is 25.9 Å². The Balaban J connectivity index is 1.66. The average Bonchev–Trinajstić information content (AvgIpc) is 3.26. The number of nitrogens with one attached hydrogen (secondary N) is 1. The number of aryl methyl sites for hydroxylation is 1. The third-order valence-corrected chi connectivity index (χ3v) is 5.08. The molecule has 1 aliphatic rings. The molecule has 1 aliphatic heterocycles. The molecule has 0 spiro atoms. The lowest BCUT2D eigenvalue weighted by Crippen LogP contribution is -2.46. The number of likely N-dealkylation sites (tertiary alicyclic amines) is 1. The quantitative estimate of drug-likeness (QED) is 0.810. The molecule has 1 N–H and O–H groups in total. The smallest absolute Gasteiger partial charge is 0.225 e. The Kier molecular flexibility index (Phi) is 5.57. The first-order valence-corrected chi connectivity index (χ1v) is 9.28. The van der Waals surface area contributed by atoms with E-state index in [1.54, 1.807) is 29.2 Å². The summed E-state index contributed by atoms with van der Waals surface area (Å²) in [5, 5.41) is 15.3. The molecule has 3 rings (SSSR count).